The van der Waals surface area contributed by atoms with E-state index >= 15 is 0 Å². The summed E-state index contributed by atoms with van der Waals surface area (Å²) in [7, 11) is 0. The molecule has 0 spiro atoms. The summed E-state index contributed by atoms with van der Waals surface area (Å²) in [5, 5.41) is 0. The molecule has 0 aromatic carbocycles. The van der Waals surface area contributed by atoms with E-state index in [4.69, 9.17) is 9.47 Å². The maximum atomic E-state index is 12.4. The lowest BCUT2D eigenvalue weighted by molar-refractivity contribution is -0.161. The van der Waals surface area contributed by atoms with Crippen LogP contribution in [0.4, 0.5) is 0 Å². The van der Waals surface area contributed by atoms with Gasteiger partial charge in [0.1, 0.15) is 0 Å². The minimum absolute atomic E-state index is 0.243. The van der Waals surface area contributed by atoms with Gasteiger partial charge in [-0.05, 0) is 25.7 Å². The zero-order valence-electron chi connectivity index (χ0n) is 16.8. The van der Waals surface area contributed by atoms with Gasteiger partial charge in [-0.3, -0.25) is 9.59 Å². The third kappa shape index (κ3) is 9.40. The molecule has 2 unspecified atom stereocenters. The van der Waals surface area contributed by atoms with E-state index in [1.54, 1.807) is 0 Å². The second kappa shape index (κ2) is 14.8. The number of esters is 2. The largest absolute Gasteiger partial charge is 0.465 e. The molecule has 4 heteroatoms. The fourth-order valence-electron chi connectivity index (χ4n) is 3.34. The van der Waals surface area contributed by atoms with Crippen LogP contribution in [0.5, 0.6) is 0 Å². The molecule has 0 aromatic heterocycles. The first-order chi connectivity index (χ1) is 12.7. The van der Waals surface area contributed by atoms with Crippen LogP contribution in [0, 0.1) is 11.8 Å². The molecule has 1 aliphatic rings. The summed E-state index contributed by atoms with van der Waals surface area (Å²) >= 11 is 0. The lowest BCUT2D eigenvalue weighted by atomic mass is 9.83. The summed E-state index contributed by atoms with van der Waals surface area (Å²) in [5.41, 5.74) is 0. The minimum atomic E-state index is -0.387. The molecule has 0 amide bonds. The van der Waals surface area contributed by atoms with E-state index in [9.17, 15) is 9.59 Å². The van der Waals surface area contributed by atoms with Crippen molar-refractivity contribution in [1.82, 2.24) is 0 Å². The van der Waals surface area contributed by atoms with Gasteiger partial charge in [-0.1, -0.05) is 77.4 Å². The zero-order chi connectivity index (χ0) is 19.0. The van der Waals surface area contributed by atoms with Crippen molar-refractivity contribution in [3.63, 3.8) is 0 Å². The number of carbonyl (C=O) groups is 2. The number of carbonyl (C=O) groups excluding carboxylic acids is 2. The Hall–Kier alpha value is -1.32. The van der Waals surface area contributed by atoms with E-state index in [1.165, 1.54) is 44.9 Å². The molecule has 2 atom stereocenters. The predicted molar refractivity (Wildman–Crippen MR) is 105 cm³/mol. The van der Waals surface area contributed by atoms with Crippen LogP contribution in [0.2, 0.25) is 0 Å². The van der Waals surface area contributed by atoms with Gasteiger partial charge in [0.2, 0.25) is 0 Å². The molecular weight excluding hydrogens is 328 g/mol. The first-order valence-electron chi connectivity index (χ1n) is 10.7. The zero-order valence-corrected chi connectivity index (χ0v) is 16.8. The van der Waals surface area contributed by atoms with Crippen molar-refractivity contribution in [2.75, 3.05) is 13.2 Å². The Labute approximate surface area is 159 Å². The highest BCUT2D eigenvalue weighted by Gasteiger charge is 2.36. The number of ether oxygens (including phenoxy) is 2. The summed E-state index contributed by atoms with van der Waals surface area (Å²) in [6.45, 7) is 5.08. The summed E-state index contributed by atoms with van der Waals surface area (Å²) in [4.78, 5) is 24.5. The highest BCUT2D eigenvalue weighted by Crippen LogP contribution is 2.28. The topological polar surface area (TPSA) is 52.6 Å². The van der Waals surface area contributed by atoms with Gasteiger partial charge in [0.25, 0.3) is 0 Å². The quantitative estimate of drug-likeness (QED) is 0.228. The monoisotopic (exact) mass is 366 g/mol. The first kappa shape index (κ1) is 22.7. The minimum Gasteiger partial charge on any atom is -0.465 e. The van der Waals surface area contributed by atoms with Gasteiger partial charge in [0.05, 0.1) is 25.0 Å². The molecule has 0 N–H and O–H groups in total. The van der Waals surface area contributed by atoms with Crippen LogP contribution in [-0.4, -0.2) is 25.2 Å². The Morgan fingerprint density at radius 1 is 0.692 bits per heavy atom. The van der Waals surface area contributed by atoms with Crippen LogP contribution in [0.3, 0.4) is 0 Å². The maximum absolute atomic E-state index is 12.4. The number of allylic oxidation sites excluding steroid dienone is 2. The van der Waals surface area contributed by atoms with Crippen LogP contribution in [0.1, 0.15) is 90.9 Å². The molecule has 26 heavy (non-hydrogen) atoms. The molecule has 0 heterocycles. The summed E-state index contributed by atoms with van der Waals surface area (Å²) in [5.74, 6) is -1.28. The van der Waals surface area contributed by atoms with Crippen molar-refractivity contribution >= 4 is 11.9 Å². The van der Waals surface area contributed by atoms with E-state index in [1.807, 2.05) is 19.1 Å². The summed E-state index contributed by atoms with van der Waals surface area (Å²) < 4.78 is 10.7. The SMILES string of the molecule is CCCCCCCCCCCOC(=O)C1CC=CCC1C(=O)OCCC. The van der Waals surface area contributed by atoms with Crippen molar-refractivity contribution < 1.29 is 19.1 Å². The van der Waals surface area contributed by atoms with Crippen LogP contribution in [-0.2, 0) is 19.1 Å². The van der Waals surface area contributed by atoms with Gasteiger partial charge in [0, 0.05) is 0 Å². The van der Waals surface area contributed by atoms with Crippen molar-refractivity contribution in [3.05, 3.63) is 12.2 Å². The van der Waals surface area contributed by atoms with Gasteiger partial charge in [-0.2, -0.15) is 0 Å². The molecule has 1 rings (SSSR count). The molecule has 0 radical (unpaired) electrons. The molecule has 0 aromatic rings. The van der Waals surface area contributed by atoms with Gasteiger partial charge in [0.15, 0.2) is 0 Å². The maximum Gasteiger partial charge on any atom is 0.310 e. The van der Waals surface area contributed by atoms with E-state index in [0.29, 0.717) is 26.1 Å². The Morgan fingerprint density at radius 2 is 1.15 bits per heavy atom. The van der Waals surface area contributed by atoms with E-state index in [0.717, 1.165) is 19.3 Å². The third-order valence-electron chi connectivity index (χ3n) is 4.98. The number of hydrogen-bond donors (Lipinski definition) is 0. The average Bonchev–Trinajstić information content (AvgIpc) is 2.67. The Balaban J connectivity index is 2.16. The second-order valence-corrected chi connectivity index (χ2v) is 7.32. The van der Waals surface area contributed by atoms with Gasteiger partial charge >= 0.3 is 11.9 Å². The Bertz CT molecular complexity index is 416. The summed E-state index contributed by atoms with van der Waals surface area (Å²) in [6.07, 6.45) is 17.0. The van der Waals surface area contributed by atoms with Crippen molar-refractivity contribution in [2.24, 2.45) is 11.8 Å². The van der Waals surface area contributed by atoms with Crippen molar-refractivity contribution in [2.45, 2.75) is 90.9 Å². The molecule has 0 saturated carbocycles. The molecule has 0 bridgehead atoms. The number of rotatable bonds is 14. The molecule has 0 aliphatic heterocycles. The summed E-state index contributed by atoms with van der Waals surface area (Å²) in [6, 6.07) is 0. The molecule has 150 valence electrons. The average molecular weight is 367 g/mol. The lowest BCUT2D eigenvalue weighted by Gasteiger charge is -2.25. The highest BCUT2D eigenvalue weighted by molar-refractivity contribution is 5.82. The first-order valence-corrected chi connectivity index (χ1v) is 10.7. The van der Waals surface area contributed by atoms with Gasteiger partial charge in [-0.25, -0.2) is 0 Å². The third-order valence-corrected chi connectivity index (χ3v) is 4.98. The smallest absolute Gasteiger partial charge is 0.310 e. The Kier molecular flexibility index (Phi) is 12.9. The van der Waals surface area contributed by atoms with Crippen molar-refractivity contribution in [3.8, 4) is 0 Å². The fraction of sp³-hybridized carbons (Fsp3) is 0.818. The van der Waals surface area contributed by atoms with E-state index in [-0.39, 0.29) is 23.8 Å². The fourth-order valence-corrected chi connectivity index (χ4v) is 3.34. The molecule has 0 fully saturated rings. The molecule has 0 saturated heterocycles. The molecular formula is C22H38O4. The van der Waals surface area contributed by atoms with Crippen LogP contribution in [0.25, 0.3) is 0 Å². The number of unbranched alkanes of at least 4 members (excludes halogenated alkanes) is 8. The molecule has 1 aliphatic carbocycles. The standard InChI is InChI=1S/C22H38O4/c1-3-5-6-7-8-9-10-11-14-18-26-22(24)20-16-13-12-15-19(20)21(23)25-17-4-2/h12-13,19-20H,3-11,14-18H2,1-2H3. The second-order valence-electron chi connectivity index (χ2n) is 7.32. The van der Waals surface area contributed by atoms with Crippen LogP contribution >= 0.6 is 0 Å². The van der Waals surface area contributed by atoms with E-state index in [2.05, 4.69) is 6.92 Å². The highest BCUT2D eigenvalue weighted by atomic mass is 16.5. The normalized spacial score (nSPS) is 19.3. The van der Waals surface area contributed by atoms with Crippen LogP contribution in [0.15, 0.2) is 12.2 Å². The predicted octanol–water partition coefficient (Wildman–Crippen LogP) is 5.60. The van der Waals surface area contributed by atoms with Crippen molar-refractivity contribution in [1.29, 1.82) is 0 Å². The van der Waals surface area contributed by atoms with Gasteiger partial charge < -0.3 is 9.47 Å². The Morgan fingerprint density at radius 3 is 1.65 bits per heavy atom. The van der Waals surface area contributed by atoms with Gasteiger partial charge in [-0.15, -0.1) is 0 Å². The van der Waals surface area contributed by atoms with E-state index < -0.39 is 0 Å². The van der Waals surface area contributed by atoms with Crippen LogP contribution < -0.4 is 0 Å². The molecule has 4 nitrogen and oxygen atoms in total. The number of hydrogen-bond acceptors (Lipinski definition) is 4. The lowest BCUT2D eigenvalue weighted by Crippen LogP contribution is -2.34.